The van der Waals surface area contributed by atoms with Crippen molar-refractivity contribution in [2.45, 2.75) is 23.9 Å². The van der Waals surface area contributed by atoms with Crippen LogP contribution in [0.1, 0.15) is 11.1 Å². The number of rotatable bonds is 15. The van der Waals surface area contributed by atoms with Gasteiger partial charge in [-0.2, -0.15) is 0 Å². The van der Waals surface area contributed by atoms with E-state index in [0.29, 0.717) is 11.5 Å². The molecule has 0 unspecified atom stereocenters. The van der Waals surface area contributed by atoms with Gasteiger partial charge in [-0.15, -0.1) is 0 Å². The monoisotopic (exact) mass is 661 g/mol. The second-order valence-corrected chi connectivity index (χ2v) is 12.3. The molecule has 0 aliphatic rings. The summed E-state index contributed by atoms with van der Waals surface area (Å²) in [5, 5.41) is 2.68. The van der Waals surface area contributed by atoms with Crippen molar-refractivity contribution in [2.24, 2.45) is 0 Å². The number of benzene rings is 4. The average molecular weight is 662 g/mol. The first kappa shape index (κ1) is 34.6. The molecule has 0 spiro atoms. The third-order valence-corrected chi connectivity index (χ3v) is 9.35. The molecule has 0 radical (unpaired) electrons. The van der Waals surface area contributed by atoms with Crippen molar-refractivity contribution >= 4 is 27.5 Å². The fourth-order valence-electron chi connectivity index (χ4n) is 5.11. The fraction of sp³-hybridized carbons (Fsp3) is 0.257. The Labute approximate surface area is 275 Å². The van der Waals surface area contributed by atoms with Crippen molar-refractivity contribution in [3.05, 3.63) is 108 Å². The van der Waals surface area contributed by atoms with Crippen molar-refractivity contribution in [3.8, 4) is 23.0 Å². The number of amides is 2. The highest BCUT2D eigenvalue weighted by molar-refractivity contribution is 7.92. The molecule has 0 aromatic heterocycles. The van der Waals surface area contributed by atoms with Crippen LogP contribution >= 0.6 is 0 Å². The Morgan fingerprint density at radius 2 is 1.32 bits per heavy atom. The highest BCUT2D eigenvalue weighted by atomic mass is 32.2. The normalized spacial score (nSPS) is 11.6. The summed E-state index contributed by atoms with van der Waals surface area (Å²) >= 11 is 0. The van der Waals surface area contributed by atoms with Crippen molar-refractivity contribution in [1.82, 2.24) is 10.2 Å². The van der Waals surface area contributed by atoms with Crippen LogP contribution in [0.3, 0.4) is 0 Å². The van der Waals surface area contributed by atoms with Crippen LogP contribution in [0.15, 0.2) is 102 Å². The van der Waals surface area contributed by atoms with Gasteiger partial charge in [0.1, 0.15) is 24.1 Å². The van der Waals surface area contributed by atoms with E-state index in [2.05, 4.69) is 5.32 Å². The summed E-state index contributed by atoms with van der Waals surface area (Å²) in [6.07, 6.45) is 0.198. The van der Waals surface area contributed by atoms with Crippen LogP contribution in [0.25, 0.3) is 0 Å². The van der Waals surface area contributed by atoms with Gasteiger partial charge >= 0.3 is 0 Å². The minimum Gasteiger partial charge on any atom is -0.497 e. The van der Waals surface area contributed by atoms with Gasteiger partial charge < -0.3 is 29.2 Å². The van der Waals surface area contributed by atoms with Crippen LogP contribution < -0.4 is 28.6 Å². The summed E-state index contributed by atoms with van der Waals surface area (Å²) in [6.45, 7) is -0.626. The zero-order valence-electron chi connectivity index (χ0n) is 27.0. The topological polar surface area (TPSA) is 124 Å². The summed E-state index contributed by atoms with van der Waals surface area (Å²) in [6, 6.07) is 26.4. The molecule has 1 atom stereocenters. The number of nitrogens with one attached hydrogen (secondary N) is 1. The molecule has 4 rings (SSSR count). The molecule has 0 fully saturated rings. The number of carbonyl (C=O) groups is 2. The van der Waals surface area contributed by atoms with Crippen LogP contribution in [0.4, 0.5) is 5.69 Å². The van der Waals surface area contributed by atoms with Crippen molar-refractivity contribution in [2.75, 3.05) is 46.3 Å². The Balaban J connectivity index is 1.87. The van der Waals surface area contributed by atoms with Gasteiger partial charge in [0.25, 0.3) is 10.0 Å². The first-order valence-electron chi connectivity index (χ1n) is 14.7. The molecule has 12 heteroatoms. The number of likely N-dealkylation sites (N-methyl/N-ethyl adjacent to an activating group) is 1. The van der Waals surface area contributed by atoms with E-state index in [1.807, 2.05) is 60.7 Å². The number of hydrogen-bond donors (Lipinski definition) is 1. The molecule has 0 bridgehead atoms. The van der Waals surface area contributed by atoms with E-state index in [1.165, 1.54) is 64.7 Å². The lowest BCUT2D eigenvalue weighted by Gasteiger charge is -2.34. The van der Waals surface area contributed by atoms with Crippen LogP contribution in [0, 0.1) is 0 Å². The quantitative estimate of drug-likeness (QED) is 0.200. The molecular formula is C35H39N3O8S. The van der Waals surface area contributed by atoms with Gasteiger partial charge in [0.15, 0.2) is 11.5 Å². The zero-order valence-corrected chi connectivity index (χ0v) is 27.8. The molecule has 47 heavy (non-hydrogen) atoms. The Kier molecular flexibility index (Phi) is 11.7. The Morgan fingerprint density at radius 3 is 1.89 bits per heavy atom. The van der Waals surface area contributed by atoms with Gasteiger partial charge in [0.05, 0.1) is 39.0 Å². The number of methoxy groups -OCH3 is 4. The van der Waals surface area contributed by atoms with Gasteiger partial charge in [-0.05, 0) is 35.4 Å². The second-order valence-electron chi connectivity index (χ2n) is 10.4. The van der Waals surface area contributed by atoms with Gasteiger partial charge in [-0.3, -0.25) is 13.9 Å². The summed E-state index contributed by atoms with van der Waals surface area (Å²) in [4.78, 5) is 29.3. The second kappa shape index (κ2) is 15.9. The lowest BCUT2D eigenvalue weighted by atomic mass is 10.0. The minimum absolute atomic E-state index is 0.0457. The number of anilines is 1. The molecule has 2 amide bonds. The highest BCUT2D eigenvalue weighted by Gasteiger charge is 2.36. The number of sulfonamides is 1. The first-order chi connectivity index (χ1) is 22.7. The predicted molar refractivity (Wildman–Crippen MR) is 179 cm³/mol. The van der Waals surface area contributed by atoms with E-state index < -0.39 is 34.4 Å². The maximum atomic E-state index is 14.6. The fourth-order valence-corrected chi connectivity index (χ4v) is 6.54. The maximum Gasteiger partial charge on any atom is 0.265 e. The van der Waals surface area contributed by atoms with Gasteiger partial charge in [-0.1, -0.05) is 60.7 Å². The molecule has 0 heterocycles. The molecule has 0 saturated carbocycles. The summed E-state index contributed by atoms with van der Waals surface area (Å²) < 4.78 is 51.7. The molecule has 4 aromatic rings. The SMILES string of the molecule is CNC(=O)[C@@H](Cc1ccccc1)N(Cc1ccccc1)C(=O)CN(c1cc(OC)ccc1OC)S(=O)(=O)c1ccc(OC)c(OC)c1. The third kappa shape index (κ3) is 8.14. The number of ether oxygens (including phenoxy) is 4. The van der Waals surface area contributed by atoms with Gasteiger partial charge in [-0.25, -0.2) is 8.42 Å². The van der Waals surface area contributed by atoms with Crippen LogP contribution in [0.5, 0.6) is 23.0 Å². The molecule has 4 aromatic carbocycles. The summed E-state index contributed by atoms with van der Waals surface area (Å²) in [5.74, 6) is 0.0272. The summed E-state index contributed by atoms with van der Waals surface area (Å²) in [7, 11) is 2.72. The highest BCUT2D eigenvalue weighted by Crippen LogP contribution is 2.38. The van der Waals surface area contributed by atoms with Crippen LogP contribution in [-0.2, 0) is 32.6 Å². The molecule has 248 valence electrons. The maximum absolute atomic E-state index is 14.6. The molecule has 1 N–H and O–H groups in total. The van der Waals surface area contributed by atoms with Crippen molar-refractivity contribution in [3.63, 3.8) is 0 Å². The Morgan fingerprint density at radius 1 is 0.723 bits per heavy atom. The largest absolute Gasteiger partial charge is 0.497 e. The van der Waals surface area contributed by atoms with E-state index >= 15 is 0 Å². The number of nitrogens with zero attached hydrogens (tertiary/aromatic N) is 2. The van der Waals surface area contributed by atoms with Crippen molar-refractivity contribution in [1.29, 1.82) is 0 Å². The molecule has 0 aliphatic carbocycles. The predicted octanol–water partition coefficient (Wildman–Crippen LogP) is 4.30. The van der Waals surface area contributed by atoms with E-state index in [0.717, 1.165) is 15.4 Å². The van der Waals surface area contributed by atoms with E-state index in [1.54, 1.807) is 12.1 Å². The van der Waals surface area contributed by atoms with E-state index in [9.17, 15) is 18.0 Å². The zero-order chi connectivity index (χ0) is 34.0. The lowest BCUT2D eigenvalue weighted by molar-refractivity contribution is -0.139. The Bertz CT molecular complexity index is 1770. The smallest absolute Gasteiger partial charge is 0.265 e. The van der Waals surface area contributed by atoms with E-state index in [4.69, 9.17) is 18.9 Å². The van der Waals surface area contributed by atoms with Gasteiger partial charge in [0.2, 0.25) is 11.8 Å². The molecular weight excluding hydrogens is 622 g/mol. The molecule has 0 saturated heterocycles. The minimum atomic E-state index is -4.47. The third-order valence-electron chi connectivity index (χ3n) is 7.59. The average Bonchev–Trinajstić information content (AvgIpc) is 3.11. The first-order valence-corrected chi connectivity index (χ1v) is 16.2. The van der Waals surface area contributed by atoms with Crippen LogP contribution in [-0.4, -0.2) is 73.2 Å². The Hall–Kier alpha value is -5.23. The molecule has 11 nitrogen and oxygen atoms in total. The van der Waals surface area contributed by atoms with Crippen molar-refractivity contribution < 1.29 is 37.0 Å². The van der Waals surface area contributed by atoms with Crippen LogP contribution in [0.2, 0.25) is 0 Å². The lowest BCUT2D eigenvalue weighted by Crippen LogP contribution is -2.53. The standard InChI is InChI=1S/C35H39N3O8S/c1-36-35(40)30(20-25-12-8-6-9-13-25)37(23-26-14-10-7-11-15-26)34(39)24-38(29-21-27(43-2)16-18-31(29)44-3)47(41,42)28-17-19-32(45-4)33(22-28)46-5/h6-19,21-22,30H,20,23-24H2,1-5H3,(H,36,40)/t30-/m1/s1. The molecule has 0 aliphatic heterocycles. The van der Waals surface area contributed by atoms with E-state index in [-0.39, 0.29) is 35.0 Å². The number of hydrogen-bond acceptors (Lipinski definition) is 8. The summed E-state index contributed by atoms with van der Waals surface area (Å²) in [5.41, 5.74) is 1.65. The number of carbonyl (C=O) groups excluding carboxylic acids is 2. The van der Waals surface area contributed by atoms with Gasteiger partial charge in [0, 0.05) is 32.1 Å².